The number of benzene rings is 1. The quantitative estimate of drug-likeness (QED) is 0.851. The van der Waals surface area contributed by atoms with Crippen molar-refractivity contribution in [3.05, 3.63) is 34.6 Å². The third kappa shape index (κ3) is 4.10. The van der Waals surface area contributed by atoms with Crippen molar-refractivity contribution < 1.29 is 9.18 Å². The number of carbonyl (C=O) groups excluding carboxylic acids is 1. The lowest BCUT2D eigenvalue weighted by Crippen LogP contribution is -2.30. The maximum absolute atomic E-state index is 13.3. The fraction of sp³-hybridized carbons (Fsp3) is 0.364. The van der Waals surface area contributed by atoms with Gasteiger partial charge in [0.15, 0.2) is 0 Å². The maximum Gasteiger partial charge on any atom is 0.224 e. The first-order valence-electron chi connectivity index (χ1n) is 4.84. The second kappa shape index (κ2) is 6.21. The van der Waals surface area contributed by atoms with Crippen LogP contribution in [0, 0.1) is 5.82 Å². The fourth-order valence-electron chi connectivity index (χ4n) is 1.18. The highest BCUT2D eigenvalue weighted by Gasteiger charge is 2.11. The van der Waals surface area contributed by atoms with Gasteiger partial charge in [-0.2, -0.15) is 0 Å². The molecule has 0 saturated carbocycles. The maximum atomic E-state index is 13.3. The zero-order chi connectivity index (χ0) is 12.1. The molecule has 1 aromatic carbocycles. The van der Waals surface area contributed by atoms with Gasteiger partial charge >= 0.3 is 0 Å². The number of hydrogen-bond acceptors (Lipinski definition) is 1. The molecule has 0 aliphatic heterocycles. The summed E-state index contributed by atoms with van der Waals surface area (Å²) in [4.78, 5) is 11.7. The molecule has 1 atom stereocenters. The van der Waals surface area contributed by atoms with Crippen LogP contribution in [-0.2, 0) is 11.2 Å². The average molecular weight is 309 g/mol. The van der Waals surface area contributed by atoms with Crippen LogP contribution in [0.2, 0.25) is 5.02 Å². The number of amides is 1. The molecule has 1 rings (SSSR count). The van der Waals surface area contributed by atoms with E-state index in [0.717, 1.165) is 0 Å². The van der Waals surface area contributed by atoms with Crippen molar-refractivity contribution in [3.8, 4) is 0 Å². The van der Waals surface area contributed by atoms with Crippen LogP contribution < -0.4 is 5.32 Å². The van der Waals surface area contributed by atoms with Crippen molar-refractivity contribution in [3.63, 3.8) is 0 Å². The Morgan fingerprint density at radius 3 is 2.88 bits per heavy atom. The van der Waals surface area contributed by atoms with E-state index in [1.165, 1.54) is 12.1 Å². The van der Waals surface area contributed by atoms with Gasteiger partial charge in [0.1, 0.15) is 5.82 Å². The van der Waals surface area contributed by atoms with Gasteiger partial charge in [-0.3, -0.25) is 4.79 Å². The minimum Gasteiger partial charge on any atom is -0.355 e. The van der Waals surface area contributed by atoms with Gasteiger partial charge in [0.2, 0.25) is 5.91 Å². The van der Waals surface area contributed by atoms with Crippen LogP contribution in [0.25, 0.3) is 0 Å². The van der Waals surface area contributed by atoms with Crippen LogP contribution >= 0.6 is 27.5 Å². The third-order valence-corrected chi connectivity index (χ3v) is 2.66. The van der Waals surface area contributed by atoms with Gasteiger partial charge in [0.25, 0.3) is 0 Å². The number of halogens is 3. The molecule has 0 saturated heterocycles. The van der Waals surface area contributed by atoms with Crippen molar-refractivity contribution in [2.45, 2.75) is 18.2 Å². The Kier molecular flexibility index (Phi) is 5.22. The van der Waals surface area contributed by atoms with E-state index in [-0.39, 0.29) is 27.7 Å². The van der Waals surface area contributed by atoms with Crippen molar-refractivity contribution in [1.29, 1.82) is 0 Å². The van der Waals surface area contributed by atoms with E-state index in [9.17, 15) is 9.18 Å². The highest BCUT2D eigenvalue weighted by Crippen LogP contribution is 2.19. The Labute approximate surface area is 107 Å². The summed E-state index contributed by atoms with van der Waals surface area (Å²) in [6.45, 7) is 2.42. The van der Waals surface area contributed by atoms with Crippen LogP contribution in [0.1, 0.15) is 12.5 Å². The van der Waals surface area contributed by atoms with E-state index in [1.807, 2.05) is 6.92 Å². The molecule has 5 heteroatoms. The van der Waals surface area contributed by atoms with Gasteiger partial charge in [-0.15, -0.1) is 0 Å². The number of nitrogens with one attached hydrogen (secondary N) is 1. The molecule has 0 aliphatic carbocycles. The number of alkyl halides is 1. The molecule has 0 aromatic heterocycles. The van der Waals surface area contributed by atoms with E-state index >= 15 is 0 Å². The Morgan fingerprint density at radius 1 is 1.62 bits per heavy atom. The zero-order valence-electron chi connectivity index (χ0n) is 8.77. The Morgan fingerprint density at radius 2 is 2.31 bits per heavy atom. The smallest absolute Gasteiger partial charge is 0.224 e. The highest BCUT2D eigenvalue weighted by atomic mass is 79.9. The summed E-state index contributed by atoms with van der Waals surface area (Å²) >= 11 is 9.11. The molecule has 1 unspecified atom stereocenters. The van der Waals surface area contributed by atoms with Crippen molar-refractivity contribution in [2.24, 2.45) is 0 Å². The van der Waals surface area contributed by atoms with Crippen LogP contribution in [-0.4, -0.2) is 17.3 Å². The summed E-state index contributed by atoms with van der Waals surface area (Å²) in [5, 5.41) is 2.95. The molecule has 0 aliphatic rings. The second-order valence-electron chi connectivity index (χ2n) is 3.46. The predicted molar refractivity (Wildman–Crippen MR) is 66.5 cm³/mol. The first kappa shape index (κ1) is 13.5. The monoisotopic (exact) mass is 307 g/mol. The van der Waals surface area contributed by atoms with Gasteiger partial charge in [-0.05, 0) is 12.1 Å². The van der Waals surface area contributed by atoms with Crippen LogP contribution in [0.4, 0.5) is 4.39 Å². The normalized spacial score (nSPS) is 12.2. The van der Waals surface area contributed by atoms with Crippen LogP contribution in [0.5, 0.6) is 0 Å². The van der Waals surface area contributed by atoms with Gasteiger partial charge in [0, 0.05) is 22.0 Å². The molecule has 0 radical (unpaired) electrons. The molecule has 88 valence electrons. The van der Waals surface area contributed by atoms with Gasteiger partial charge < -0.3 is 5.32 Å². The second-order valence-corrected chi connectivity index (χ2v) is 5.43. The van der Waals surface area contributed by atoms with Crippen molar-refractivity contribution in [2.75, 3.05) is 6.54 Å². The lowest BCUT2D eigenvalue weighted by Gasteiger charge is -2.08. The lowest BCUT2D eigenvalue weighted by atomic mass is 10.1. The Hall–Kier alpha value is -0.610. The molecule has 0 spiro atoms. The van der Waals surface area contributed by atoms with Crippen molar-refractivity contribution >= 4 is 33.4 Å². The van der Waals surface area contributed by atoms with Gasteiger partial charge in [-0.1, -0.05) is 40.5 Å². The molecule has 1 N–H and O–H groups in total. The zero-order valence-corrected chi connectivity index (χ0v) is 11.1. The predicted octanol–water partition coefficient (Wildman–Crippen LogP) is 2.92. The highest BCUT2D eigenvalue weighted by molar-refractivity contribution is 9.09. The average Bonchev–Trinajstić information content (AvgIpc) is 2.21. The van der Waals surface area contributed by atoms with Crippen molar-refractivity contribution in [1.82, 2.24) is 5.32 Å². The van der Waals surface area contributed by atoms with Gasteiger partial charge in [-0.25, -0.2) is 4.39 Å². The number of rotatable bonds is 4. The first-order chi connectivity index (χ1) is 7.50. The first-order valence-corrected chi connectivity index (χ1v) is 6.13. The SMILES string of the molecule is CC(Br)CNC(=O)Cc1c(F)cccc1Cl. The Bertz CT molecular complexity index is 364. The van der Waals surface area contributed by atoms with Crippen LogP contribution in [0.3, 0.4) is 0 Å². The number of hydrogen-bond donors (Lipinski definition) is 1. The molecule has 1 amide bonds. The van der Waals surface area contributed by atoms with E-state index in [0.29, 0.717) is 6.54 Å². The summed E-state index contributed by atoms with van der Waals surface area (Å²) in [5.74, 6) is -0.687. The van der Waals surface area contributed by atoms with E-state index in [1.54, 1.807) is 6.07 Å². The van der Waals surface area contributed by atoms with Gasteiger partial charge in [0.05, 0.1) is 6.42 Å². The molecular weight excluding hydrogens is 296 g/mol. The molecule has 2 nitrogen and oxygen atoms in total. The summed E-state index contributed by atoms with van der Waals surface area (Å²) in [5.41, 5.74) is 0.240. The minimum absolute atomic E-state index is 0.0365. The molecule has 0 heterocycles. The lowest BCUT2D eigenvalue weighted by molar-refractivity contribution is -0.120. The third-order valence-electron chi connectivity index (χ3n) is 1.98. The fourth-order valence-corrected chi connectivity index (χ4v) is 1.57. The molecule has 16 heavy (non-hydrogen) atoms. The largest absolute Gasteiger partial charge is 0.355 e. The molecule has 0 bridgehead atoms. The van der Waals surface area contributed by atoms with E-state index in [4.69, 9.17) is 11.6 Å². The minimum atomic E-state index is -0.449. The topological polar surface area (TPSA) is 29.1 Å². The molecule has 0 fully saturated rings. The summed E-state index contributed by atoms with van der Waals surface area (Å²) in [6.07, 6.45) is -0.0365. The Balaban J connectivity index is 2.63. The van der Waals surface area contributed by atoms with Crippen LogP contribution in [0.15, 0.2) is 18.2 Å². The number of carbonyl (C=O) groups is 1. The molecule has 1 aromatic rings. The summed E-state index contributed by atoms with van der Waals surface area (Å²) in [7, 11) is 0. The summed E-state index contributed by atoms with van der Waals surface area (Å²) < 4.78 is 13.3. The standard InChI is InChI=1S/C11H12BrClFNO/c1-7(12)6-15-11(16)5-8-9(13)3-2-4-10(8)14/h2-4,7H,5-6H2,1H3,(H,15,16). The molecular formula is C11H12BrClFNO. The summed E-state index contributed by atoms with van der Waals surface area (Å²) in [6, 6.07) is 4.38. The van der Waals surface area contributed by atoms with E-state index < -0.39 is 5.82 Å². The van der Waals surface area contributed by atoms with E-state index in [2.05, 4.69) is 21.2 Å².